The summed E-state index contributed by atoms with van der Waals surface area (Å²) in [6, 6.07) is 0. The minimum absolute atomic E-state index is 0.0103. The van der Waals surface area contributed by atoms with Crippen molar-refractivity contribution in [2.45, 2.75) is 104 Å². The number of nitrogens with two attached hydrogens (primary N) is 1. The molecule has 1 unspecified atom stereocenters. The Morgan fingerprint density at radius 1 is 1.04 bits per heavy atom. The Morgan fingerprint density at radius 2 is 1.68 bits per heavy atom. The van der Waals surface area contributed by atoms with Crippen molar-refractivity contribution >= 4 is 28.2 Å². The molecule has 0 saturated carbocycles. The van der Waals surface area contributed by atoms with Crippen LogP contribution in [0.2, 0.25) is 0 Å². The van der Waals surface area contributed by atoms with Gasteiger partial charge in [0.05, 0.1) is 5.56 Å². The predicted octanol–water partition coefficient (Wildman–Crippen LogP) is 6.22. The quantitative estimate of drug-likeness (QED) is 0.382. The molecule has 1 aliphatic carbocycles. The Kier molecular flexibility index (Phi) is 10.0. The molecule has 28 heavy (non-hydrogen) atoms. The second-order valence-electron chi connectivity index (χ2n) is 8.22. The Labute approximate surface area is 174 Å². The molecule has 0 fully saturated rings. The molecule has 1 aliphatic rings. The first kappa shape index (κ1) is 22.9. The third kappa shape index (κ3) is 6.91. The van der Waals surface area contributed by atoms with Crippen LogP contribution in [0.3, 0.4) is 0 Å². The molecule has 0 radical (unpaired) electrons. The molecule has 0 bridgehead atoms. The Bertz CT molecular complexity index is 639. The molecule has 1 atom stereocenters. The molecular weight excluding hydrogens is 368 g/mol. The number of hydrogen-bond acceptors (Lipinski definition) is 3. The lowest BCUT2D eigenvalue weighted by Gasteiger charge is -2.20. The highest BCUT2D eigenvalue weighted by Crippen LogP contribution is 2.40. The van der Waals surface area contributed by atoms with Crippen LogP contribution in [0.1, 0.15) is 112 Å². The van der Waals surface area contributed by atoms with E-state index in [1.165, 1.54) is 49.8 Å². The maximum absolute atomic E-state index is 12.4. The zero-order valence-electron chi connectivity index (χ0n) is 17.8. The minimum atomic E-state index is -0.411. The van der Waals surface area contributed by atoms with E-state index in [4.69, 9.17) is 5.73 Å². The molecule has 4 nitrogen and oxygen atoms in total. The van der Waals surface area contributed by atoms with Gasteiger partial charge < -0.3 is 11.1 Å². The molecule has 3 N–H and O–H groups in total. The Balaban J connectivity index is 1.76. The second kappa shape index (κ2) is 12.3. The van der Waals surface area contributed by atoms with Crippen molar-refractivity contribution < 1.29 is 9.59 Å². The lowest BCUT2D eigenvalue weighted by molar-refractivity contribution is -0.116. The highest BCUT2D eigenvalue weighted by molar-refractivity contribution is 7.17. The van der Waals surface area contributed by atoms with Crippen LogP contribution < -0.4 is 11.1 Å². The summed E-state index contributed by atoms with van der Waals surface area (Å²) in [7, 11) is 0. The molecule has 0 aliphatic heterocycles. The summed E-state index contributed by atoms with van der Waals surface area (Å²) >= 11 is 1.56. The van der Waals surface area contributed by atoms with Crippen LogP contribution in [0.15, 0.2) is 0 Å². The van der Waals surface area contributed by atoms with Crippen LogP contribution >= 0.6 is 11.3 Å². The van der Waals surface area contributed by atoms with Gasteiger partial charge in [-0.2, -0.15) is 0 Å². The number of fused-ring (bicyclic) bond motifs is 1. The third-order valence-corrected chi connectivity index (χ3v) is 7.12. The Morgan fingerprint density at radius 3 is 2.29 bits per heavy atom. The van der Waals surface area contributed by atoms with E-state index in [-0.39, 0.29) is 5.91 Å². The highest BCUT2D eigenvalue weighted by Gasteiger charge is 2.27. The summed E-state index contributed by atoms with van der Waals surface area (Å²) in [5.74, 6) is 0.277. The van der Waals surface area contributed by atoms with E-state index in [2.05, 4.69) is 19.2 Å². The lowest BCUT2D eigenvalue weighted by atomic mass is 9.85. The molecule has 0 spiro atoms. The molecule has 158 valence electrons. The number of thiophene rings is 1. The lowest BCUT2D eigenvalue weighted by Crippen LogP contribution is -2.19. The van der Waals surface area contributed by atoms with Crippen LogP contribution in [0, 0.1) is 5.92 Å². The van der Waals surface area contributed by atoms with Gasteiger partial charge in [-0.3, -0.25) is 9.59 Å². The summed E-state index contributed by atoms with van der Waals surface area (Å²) in [5, 5.41) is 3.66. The number of carbonyl (C=O) groups is 2. The van der Waals surface area contributed by atoms with E-state index in [9.17, 15) is 9.59 Å². The number of amides is 2. The maximum atomic E-state index is 12.4. The first-order valence-electron chi connectivity index (χ1n) is 11.3. The molecular formula is C23H38N2O2S. The van der Waals surface area contributed by atoms with Gasteiger partial charge in [-0.25, -0.2) is 0 Å². The summed E-state index contributed by atoms with van der Waals surface area (Å²) in [5.41, 5.74) is 7.29. The number of nitrogens with one attached hydrogen (secondary N) is 1. The zero-order valence-corrected chi connectivity index (χ0v) is 18.6. The number of carbonyl (C=O) groups excluding carboxylic acids is 2. The van der Waals surface area contributed by atoms with Gasteiger partial charge in [0, 0.05) is 11.3 Å². The first-order valence-corrected chi connectivity index (χ1v) is 12.1. The number of hydrogen-bond donors (Lipinski definition) is 2. The van der Waals surface area contributed by atoms with Crippen molar-refractivity contribution in [3.63, 3.8) is 0 Å². The minimum Gasteiger partial charge on any atom is -0.365 e. The van der Waals surface area contributed by atoms with E-state index in [1.807, 2.05) is 0 Å². The molecule has 1 aromatic rings. The zero-order chi connectivity index (χ0) is 20.4. The van der Waals surface area contributed by atoms with Crippen molar-refractivity contribution in [2.75, 3.05) is 5.32 Å². The third-order valence-electron chi connectivity index (χ3n) is 5.95. The van der Waals surface area contributed by atoms with Crippen LogP contribution in [-0.4, -0.2) is 11.8 Å². The summed E-state index contributed by atoms with van der Waals surface area (Å²) in [4.78, 5) is 25.6. The topological polar surface area (TPSA) is 72.2 Å². The molecule has 5 heteroatoms. The van der Waals surface area contributed by atoms with Gasteiger partial charge in [0.15, 0.2) is 0 Å². The van der Waals surface area contributed by atoms with E-state index in [0.717, 1.165) is 44.1 Å². The number of anilines is 1. The predicted molar refractivity (Wildman–Crippen MR) is 119 cm³/mol. The molecule has 2 amide bonds. The van der Waals surface area contributed by atoms with Crippen LogP contribution in [0.4, 0.5) is 5.00 Å². The van der Waals surface area contributed by atoms with E-state index in [1.54, 1.807) is 11.3 Å². The van der Waals surface area contributed by atoms with Crippen molar-refractivity contribution in [1.82, 2.24) is 0 Å². The smallest absolute Gasteiger partial charge is 0.251 e. The van der Waals surface area contributed by atoms with Gasteiger partial charge >= 0.3 is 0 Å². The van der Waals surface area contributed by atoms with Gasteiger partial charge in [-0.05, 0) is 37.2 Å². The Hall–Kier alpha value is -1.36. The standard InChI is InChI=1S/C23H38N2O2S/c1-3-5-6-7-8-9-10-11-12-13-20(26)25-23-21(22(24)27)18-15-14-17(4-2)16-19(18)28-23/h17H,3-16H2,1-2H3,(H2,24,27)(H,25,26). The van der Waals surface area contributed by atoms with Crippen molar-refractivity contribution in [1.29, 1.82) is 0 Å². The summed E-state index contributed by atoms with van der Waals surface area (Å²) in [6.45, 7) is 4.46. The number of rotatable bonds is 13. The molecule has 0 aromatic carbocycles. The molecule has 1 aromatic heterocycles. The van der Waals surface area contributed by atoms with Crippen molar-refractivity contribution in [3.8, 4) is 0 Å². The molecule has 0 saturated heterocycles. The van der Waals surface area contributed by atoms with Gasteiger partial charge in [0.1, 0.15) is 5.00 Å². The van der Waals surface area contributed by atoms with Crippen LogP contribution in [0.25, 0.3) is 0 Å². The average Bonchev–Trinajstić information content (AvgIpc) is 3.03. The summed E-state index contributed by atoms with van der Waals surface area (Å²) in [6.07, 6.45) is 15.8. The van der Waals surface area contributed by atoms with Crippen LogP contribution in [-0.2, 0) is 17.6 Å². The van der Waals surface area contributed by atoms with Gasteiger partial charge in [-0.15, -0.1) is 11.3 Å². The van der Waals surface area contributed by atoms with Crippen molar-refractivity contribution in [3.05, 3.63) is 16.0 Å². The fourth-order valence-electron chi connectivity index (χ4n) is 4.14. The number of unbranched alkanes of at least 4 members (excludes halogenated alkanes) is 8. The highest BCUT2D eigenvalue weighted by atomic mass is 32.1. The molecule has 1 heterocycles. The monoisotopic (exact) mass is 406 g/mol. The largest absolute Gasteiger partial charge is 0.365 e. The van der Waals surface area contributed by atoms with Gasteiger partial charge in [0.25, 0.3) is 5.91 Å². The van der Waals surface area contributed by atoms with E-state index < -0.39 is 5.91 Å². The molecule has 2 rings (SSSR count). The number of primary amides is 1. The van der Waals surface area contributed by atoms with E-state index >= 15 is 0 Å². The maximum Gasteiger partial charge on any atom is 0.251 e. The van der Waals surface area contributed by atoms with Crippen molar-refractivity contribution in [2.24, 2.45) is 11.7 Å². The fourth-order valence-corrected chi connectivity index (χ4v) is 5.52. The second-order valence-corrected chi connectivity index (χ2v) is 9.32. The van der Waals surface area contributed by atoms with Gasteiger partial charge in [0.2, 0.25) is 5.91 Å². The van der Waals surface area contributed by atoms with Crippen LogP contribution in [0.5, 0.6) is 0 Å². The van der Waals surface area contributed by atoms with Gasteiger partial charge in [-0.1, -0.05) is 71.6 Å². The fraction of sp³-hybridized carbons (Fsp3) is 0.739. The van der Waals surface area contributed by atoms with E-state index in [0.29, 0.717) is 22.9 Å². The normalized spacial score (nSPS) is 16.0. The summed E-state index contributed by atoms with van der Waals surface area (Å²) < 4.78 is 0. The first-order chi connectivity index (χ1) is 13.6. The SMILES string of the molecule is CCCCCCCCCCCC(=O)Nc1sc2c(c1C(N)=O)CCC(CC)C2. The average molecular weight is 407 g/mol.